The predicted molar refractivity (Wildman–Crippen MR) is 78.1 cm³/mol. The number of aliphatic hydroxyl groups is 2. The van der Waals surface area contributed by atoms with Crippen molar-refractivity contribution in [1.82, 2.24) is 0 Å². The first-order valence-electron chi connectivity index (χ1n) is 7.39. The standard InChI is InChI=1S/C16H22O6/c1-9-21-8-14(22-9)16(18)6-10-12(19-2)4-5-13(20-3)15(10)11(17)7-16/h4-5,9,11,14,17-18H,6-8H2,1-3H3/t9-,11+,14-,16?/m1/s1. The van der Waals surface area contributed by atoms with Crippen molar-refractivity contribution in [2.45, 2.75) is 43.9 Å². The highest BCUT2D eigenvalue weighted by atomic mass is 16.7. The zero-order chi connectivity index (χ0) is 15.9. The predicted octanol–water partition coefficient (Wildman–Crippen LogP) is 1.18. The molecule has 2 N–H and O–H groups in total. The van der Waals surface area contributed by atoms with Crippen LogP contribution >= 0.6 is 0 Å². The maximum Gasteiger partial charge on any atom is 0.155 e. The molecule has 0 aromatic heterocycles. The lowest BCUT2D eigenvalue weighted by atomic mass is 9.75. The third-order valence-corrected chi connectivity index (χ3v) is 4.51. The van der Waals surface area contributed by atoms with E-state index in [0.29, 0.717) is 30.1 Å². The summed E-state index contributed by atoms with van der Waals surface area (Å²) in [6.45, 7) is 2.10. The van der Waals surface area contributed by atoms with Crippen LogP contribution in [0.5, 0.6) is 11.5 Å². The first kappa shape index (κ1) is 15.6. The Kier molecular flexibility index (Phi) is 4.03. The van der Waals surface area contributed by atoms with E-state index in [1.165, 1.54) is 0 Å². The topological polar surface area (TPSA) is 77.4 Å². The van der Waals surface area contributed by atoms with E-state index in [9.17, 15) is 10.2 Å². The van der Waals surface area contributed by atoms with Crippen LogP contribution in [0.2, 0.25) is 0 Å². The Bertz CT molecular complexity index is 560. The molecule has 2 aliphatic rings. The van der Waals surface area contributed by atoms with Crippen molar-refractivity contribution in [2.24, 2.45) is 0 Å². The molecule has 0 saturated carbocycles. The van der Waals surface area contributed by atoms with Crippen LogP contribution < -0.4 is 9.47 Å². The maximum atomic E-state index is 11.0. The molecule has 0 amide bonds. The Morgan fingerprint density at radius 3 is 2.50 bits per heavy atom. The van der Waals surface area contributed by atoms with Crippen molar-refractivity contribution in [1.29, 1.82) is 0 Å². The van der Waals surface area contributed by atoms with E-state index in [2.05, 4.69) is 0 Å². The van der Waals surface area contributed by atoms with E-state index in [4.69, 9.17) is 18.9 Å². The van der Waals surface area contributed by atoms with Gasteiger partial charge in [0.1, 0.15) is 23.2 Å². The highest BCUT2D eigenvalue weighted by Gasteiger charge is 2.48. The first-order valence-corrected chi connectivity index (χ1v) is 7.39. The number of methoxy groups -OCH3 is 2. The summed E-state index contributed by atoms with van der Waals surface area (Å²) in [5.41, 5.74) is 0.237. The van der Waals surface area contributed by atoms with Crippen molar-refractivity contribution >= 4 is 0 Å². The summed E-state index contributed by atoms with van der Waals surface area (Å²) in [6.07, 6.45) is -1.18. The number of fused-ring (bicyclic) bond motifs is 1. The summed E-state index contributed by atoms with van der Waals surface area (Å²) in [5.74, 6) is 1.22. The molecule has 0 bridgehead atoms. The zero-order valence-electron chi connectivity index (χ0n) is 13.0. The van der Waals surface area contributed by atoms with Crippen LogP contribution in [0.1, 0.15) is 30.6 Å². The third kappa shape index (κ3) is 2.46. The van der Waals surface area contributed by atoms with Crippen LogP contribution in [0.15, 0.2) is 12.1 Å². The monoisotopic (exact) mass is 310 g/mol. The lowest BCUT2D eigenvalue weighted by Crippen LogP contribution is -2.49. The molecule has 122 valence electrons. The summed E-state index contributed by atoms with van der Waals surface area (Å²) in [4.78, 5) is 0. The average molecular weight is 310 g/mol. The van der Waals surface area contributed by atoms with Gasteiger partial charge in [-0.3, -0.25) is 0 Å². The van der Waals surface area contributed by atoms with Gasteiger partial charge in [-0.2, -0.15) is 0 Å². The molecule has 3 rings (SSSR count). The molecule has 1 fully saturated rings. The minimum Gasteiger partial charge on any atom is -0.496 e. The highest BCUT2D eigenvalue weighted by Crippen LogP contribution is 2.46. The van der Waals surface area contributed by atoms with Crippen LogP contribution in [-0.4, -0.2) is 49.0 Å². The number of aliphatic hydroxyl groups excluding tert-OH is 1. The number of benzene rings is 1. The van der Waals surface area contributed by atoms with E-state index < -0.39 is 17.8 Å². The molecule has 1 aliphatic carbocycles. The highest BCUT2D eigenvalue weighted by molar-refractivity contribution is 5.52. The number of hydrogen-bond donors (Lipinski definition) is 2. The quantitative estimate of drug-likeness (QED) is 0.873. The van der Waals surface area contributed by atoms with Crippen LogP contribution in [0.25, 0.3) is 0 Å². The molecule has 6 heteroatoms. The Labute approximate surface area is 129 Å². The van der Waals surface area contributed by atoms with E-state index in [-0.39, 0.29) is 12.7 Å². The van der Waals surface area contributed by atoms with Crippen molar-refractivity contribution in [2.75, 3.05) is 20.8 Å². The van der Waals surface area contributed by atoms with Gasteiger partial charge in [0.25, 0.3) is 0 Å². The molecule has 1 aromatic carbocycles. The molecule has 1 saturated heterocycles. The first-order chi connectivity index (χ1) is 10.5. The molecule has 22 heavy (non-hydrogen) atoms. The Morgan fingerprint density at radius 1 is 1.23 bits per heavy atom. The van der Waals surface area contributed by atoms with Gasteiger partial charge in [0, 0.05) is 24.0 Å². The SMILES string of the molecule is COc1ccc(OC)c2c1CC(O)([C@H]1CO[C@@H](C)O1)C[C@@H]2O. The smallest absolute Gasteiger partial charge is 0.155 e. The molecule has 1 aromatic rings. The summed E-state index contributed by atoms with van der Waals surface area (Å²) in [5, 5.41) is 21.6. The van der Waals surface area contributed by atoms with E-state index in [0.717, 1.165) is 5.56 Å². The third-order valence-electron chi connectivity index (χ3n) is 4.51. The minimum atomic E-state index is -1.20. The van der Waals surface area contributed by atoms with E-state index in [1.807, 2.05) is 0 Å². The second-order valence-electron chi connectivity index (χ2n) is 5.89. The molecule has 1 unspecified atom stereocenters. The van der Waals surface area contributed by atoms with Gasteiger partial charge in [0.2, 0.25) is 0 Å². The van der Waals surface area contributed by atoms with Crippen LogP contribution in [0.3, 0.4) is 0 Å². The van der Waals surface area contributed by atoms with Gasteiger partial charge in [-0.05, 0) is 19.1 Å². The molecule has 1 heterocycles. The second kappa shape index (κ2) is 5.70. The molecule has 0 radical (unpaired) electrons. The molecule has 0 spiro atoms. The summed E-state index contributed by atoms with van der Waals surface area (Å²) < 4.78 is 21.8. The Morgan fingerprint density at radius 2 is 1.91 bits per heavy atom. The number of hydrogen-bond acceptors (Lipinski definition) is 6. The fourth-order valence-electron chi connectivity index (χ4n) is 3.42. The lowest BCUT2D eigenvalue weighted by Gasteiger charge is -2.40. The van der Waals surface area contributed by atoms with Gasteiger partial charge in [-0.15, -0.1) is 0 Å². The van der Waals surface area contributed by atoms with Gasteiger partial charge in [-0.1, -0.05) is 0 Å². The Hall–Kier alpha value is -1.34. The second-order valence-corrected chi connectivity index (χ2v) is 5.89. The van der Waals surface area contributed by atoms with E-state index in [1.54, 1.807) is 33.3 Å². The van der Waals surface area contributed by atoms with Gasteiger partial charge in [0.05, 0.1) is 26.9 Å². The maximum absolute atomic E-state index is 11.0. The summed E-state index contributed by atoms with van der Waals surface area (Å²) in [6, 6.07) is 3.55. The zero-order valence-corrected chi connectivity index (χ0v) is 13.0. The normalized spacial score (nSPS) is 34.3. The summed E-state index contributed by atoms with van der Waals surface area (Å²) in [7, 11) is 3.13. The molecule has 1 aliphatic heterocycles. The van der Waals surface area contributed by atoms with Gasteiger partial charge in [-0.25, -0.2) is 0 Å². The fraction of sp³-hybridized carbons (Fsp3) is 0.625. The minimum absolute atomic E-state index is 0.171. The van der Waals surface area contributed by atoms with Crippen molar-refractivity contribution in [3.05, 3.63) is 23.3 Å². The largest absolute Gasteiger partial charge is 0.496 e. The lowest BCUT2D eigenvalue weighted by molar-refractivity contribution is -0.131. The van der Waals surface area contributed by atoms with Gasteiger partial charge < -0.3 is 29.2 Å². The number of ether oxygens (including phenoxy) is 4. The van der Waals surface area contributed by atoms with Crippen LogP contribution in [0.4, 0.5) is 0 Å². The fourth-order valence-corrected chi connectivity index (χ4v) is 3.42. The molecular weight excluding hydrogens is 288 g/mol. The summed E-state index contributed by atoms with van der Waals surface area (Å²) >= 11 is 0. The van der Waals surface area contributed by atoms with Gasteiger partial charge in [0.15, 0.2) is 6.29 Å². The molecule has 6 nitrogen and oxygen atoms in total. The van der Waals surface area contributed by atoms with Crippen molar-refractivity contribution in [3.63, 3.8) is 0 Å². The van der Waals surface area contributed by atoms with E-state index >= 15 is 0 Å². The molecule has 4 atom stereocenters. The van der Waals surface area contributed by atoms with Crippen molar-refractivity contribution < 1.29 is 29.2 Å². The van der Waals surface area contributed by atoms with Crippen LogP contribution in [-0.2, 0) is 15.9 Å². The average Bonchev–Trinajstić information content (AvgIpc) is 2.93. The number of rotatable bonds is 3. The van der Waals surface area contributed by atoms with Gasteiger partial charge >= 0.3 is 0 Å². The van der Waals surface area contributed by atoms with Crippen molar-refractivity contribution in [3.8, 4) is 11.5 Å². The molecular formula is C16H22O6. The Balaban J connectivity index is 2.01. The van der Waals surface area contributed by atoms with Crippen LogP contribution in [0, 0.1) is 0 Å².